The Labute approximate surface area is 195 Å². The van der Waals surface area contributed by atoms with Crippen molar-refractivity contribution in [2.75, 3.05) is 10.6 Å². The number of thiazole rings is 1. The van der Waals surface area contributed by atoms with Gasteiger partial charge in [0.05, 0.1) is 15.1 Å². The van der Waals surface area contributed by atoms with Crippen molar-refractivity contribution in [1.82, 2.24) is 9.71 Å². The predicted octanol–water partition coefficient (Wildman–Crippen LogP) is 3.49. The molecule has 3 aromatic rings. The zero-order valence-corrected chi connectivity index (χ0v) is 19.7. The zero-order chi connectivity index (χ0) is 23.6. The fourth-order valence-electron chi connectivity index (χ4n) is 3.49. The molecule has 2 amide bonds. The fraction of sp³-hybridized carbons (Fsp3) is 0.273. The van der Waals surface area contributed by atoms with Crippen LogP contribution in [0.25, 0.3) is 10.2 Å². The molecule has 33 heavy (non-hydrogen) atoms. The van der Waals surface area contributed by atoms with E-state index in [2.05, 4.69) is 25.3 Å². The number of carbonyl (C=O) groups excluding carboxylic acids is 2. The number of sulfonamides is 1. The molecule has 2 heterocycles. The van der Waals surface area contributed by atoms with Crippen LogP contribution in [0, 0.1) is 0 Å². The number of unbranched alkanes of at least 4 members (excludes halogenated alkanes) is 1. The summed E-state index contributed by atoms with van der Waals surface area (Å²) in [7, 11) is -3.69. The summed E-state index contributed by atoms with van der Waals surface area (Å²) in [5.41, 5.74) is 1.80. The number of nitrogens with zero attached hydrogens (tertiary/aromatic N) is 2. The molecule has 172 valence electrons. The van der Waals surface area contributed by atoms with Gasteiger partial charge in [0, 0.05) is 18.2 Å². The van der Waals surface area contributed by atoms with Crippen molar-refractivity contribution in [3.8, 4) is 0 Å². The van der Waals surface area contributed by atoms with E-state index in [4.69, 9.17) is 0 Å². The largest absolute Gasteiger partial charge is 0.326 e. The Bertz CT molecular complexity index is 1360. The van der Waals surface area contributed by atoms with Crippen molar-refractivity contribution in [3.05, 3.63) is 48.0 Å². The first-order valence-electron chi connectivity index (χ1n) is 10.5. The van der Waals surface area contributed by atoms with E-state index in [1.54, 1.807) is 36.4 Å². The van der Waals surface area contributed by atoms with Crippen LogP contribution in [0.5, 0.6) is 0 Å². The summed E-state index contributed by atoms with van der Waals surface area (Å²) < 4.78 is 28.0. The summed E-state index contributed by atoms with van der Waals surface area (Å²) in [4.78, 5) is 33.5. The highest BCUT2D eigenvalue weighted by Gasteiger charge is 2.32. The van der Waals surface area contributed by atoms with Crippen LogP contribution >= 0.6 is 11.3 Å². The minimum atomic E-state index is -3.69. The number of hydrogen-bond donors (Lipinski definition) is 3. The van der Waals surface area contributed by atoms with Gasteiger partial charge in [-0.25, -0.2) is 13.4 Å². The molecule has 0 fully saturated rings. The fourth-order valence-corrected chi connectivity index (χ4v) is 5.63. The van der Waals surface area contributed by atoms with E-state index in [-0.39, 0.29) is 22.5 Å². The van der Waals surface area contributed by atoms with E-state index >= 15 is 0 Å². The van der Waals surface area contributed by atoms with Gasteiger partial charge in [-0.2, -0.15) is 0 Å². The van der Waals surface area contributed by atoms with Crippen LogP contribution in [-0.2, 0) is 19.6 Å². The van der Waals surface area contributed by atoms with Crippen molar-refractivity contribution in [1.29, 1.82) is 0 Å². The van der Waals surface area contributed by atoms with Crippen LogP contribution in [0.1, 0.15) is 38.7 Å². The molecule has 4 rings (SSSR count). The second-order valence-corrected chi connectivity index (χ2v) is 10.3. The Kier molecular flexibility index (Phi) is 6.43. The highest BCUT2D eigenvalue weighted by atomic mass is 32.2. The first kappa shape index (κ1) is 22.9. The Morgan fingerprint density at radius 1 is 1.18 bits per heavy atom. The van der Waals surface area contributed by atoms with Crippen molar-refractivity contribution in [3.63, 3.8) is 0 Å². The number of fused-ring (bicyclic) bond motifs is 2. The van der Waals surface area contributed by atoms with E-state index < -0.39 is 16.1 Å². The van der Waals surface area contributed by atoms with Crippen molar-refractivity contribution >= 4 is 60.0 Å². The van der Waals surface area contributed by atoms with Crippen molar-refractivity contribution < 1.29 is 18.0 Å². The van der Waals surface area contributed by atoms with Gasteiger partial charge in [-0.15, -0.1) is 0 Å². The van der Waals surface area contributed by atoms with Gasteiger partial charge in [-0.05, 0) is 36.8 Å². The summed E-state index contributed by atoms with van der Waals surface area (Å²) in [5, 5.41) is 5.94. The molecule has 0 saturated heterocycles. The Balaban J connectivity index is 1.59. The lowest BCUT2D eigenvalue weighted by Gasteiger charge is -2.12. The van der Waals surface area contributed by atoms with Crippen LogP contribution in [0.2, 0.25) is 0 Å². The van der Waals surface area contributed by atoms with Crippen LogP contribution in [0.15, 0.2) is 52.4 Å². The number of aliphatic imine (C=N–C) groups is 1. The number of aromatic nitrogens is 1. The smallest absolute Gasteiger partial charge is 0.263 e. The van der Waals surface area contributed by atoms with Crippen LogP contribution in [0.3, 0.4) is 0 Å². The van der Waals surface area contributed by atoms with Crippen molar-refractivity contribution in [2.24, 2.45) is 4.99 Å². The molecule has 1 unspecified atom stereocenters. The molecule has 1 aromatic heterocycles. The molecule has 9 nitrogen and oxygen atoms in total. The second kappa shape index (κ2) is 9.28. The first-order valence-corrected chi connectivity index (χ1v) is 12.8. The monoisotopic (exact) mass is 485 g/mol. The van der Waals surface area contributed by atoms with Gasteiger partial charge in [-0.3, -0.25) is 19.3 Å². The molecule has 1 atom stereocenters. The quantitative estimate of drug-likeness (QED) is 0.472. The standard InChI is InChI=1S/C22H23N5O4S2/c1-3-4-8-17(24-20-15-7-5-6-9-19(15)33(30,31)27-20)21(29)26-22-25-16-11-10-14(23-13(2)28)12-18(16)32-22/h5-7,9-12,17H,3-4,8H2,1-2H3,(H,23,28)(H,24,27)(H,25,26,29). The molecule has 0 spiro atoms. The highest BCUT2D eigenvalue weighted by Crippen LogP contribution is 2.29. The van der Waals surface area contributed by atoms with Gasteiger partial charge in [0.25, 0.3) is 15.9 Å². The molecule has 1 aliphatic heterocycles. The average Bonchev–Trinajstić information content (AvgIpc) is 3.27. The number of hydrogen-bond acceptors (Lipinski definition) is 7. The number of rotatable bonds is 7. The third-order valence-electron chi connectivity index (χ3n) is 5.02. The van der Waals surface area contributed by atoms with Crippen LogP contribution in [-0.4, -0.2) is 37.1 Å². The maximum atomic E-state index is 13.1. The normalized spacial score (nSPS) is 16.2. The van der Waals surface area contributed by atoms with Gasteiger partial charge in [0.1, 0.15) is 11.9 Å². The maximum Gasteiger partial charge on any atom is 0.263 e. The first-order chi connectivity index (χ1) is 15.8. The van der Waals surface area contributed by atoms with E-state index in [0.717, 1.165) is 17.5 Å². The van der Waals surface area contributed by atoms with Crippen LogP contribution in [0.4, 0.5) is 10.8 Å². The lowest BCUT2D eigenvalue weighted by atomic mass is 10.1. The molecule has 11 heteroatoms. The third kappa shape index (κ3) is 5.04. The Morgan fingerprint density at radius 3 is 2.73 bits per heavy atom. The van der Waals surface area contributed by atoms with Crippen LogP contribution < -0.4 is 15.4 Å². The van der Waals surface area contributed by atoms with Gasteiger partial charge in [0.2, 0.25) is 5.91 Å². The summed E-state index contributed by atoms with van der Waals surface area (Å²) >= 11 is 1.28. The Hall–Kier alpha value is -3.31. The van der Waals surface area contributed by atoms with E-state index in [1.165, 1.54) is 24.3 Å². The zero-order valence-electron chi connectivity index (χ0n) is 18.1. The molecule has 0 bridgehead atoms. The number of nitrogens with one attached hydrogen (secondary N) is 3. The third-order valence-corrected chi connectivity index (χ3v) is 7.35. The number of anilines is 2. The number of amidine groups is 1. The predicted molar refractivity (Wildman–Crippen MR) is 129 cm³/mol. The number of carbonyl (C=O) groups is 2. The minimum absolute atomic E-state index is 0.152. The lowest BCUT2D eigenvalue weighted by molar-refractivity contribution is -0.117. The second-order valence-electron chi connectivity index (χ2n) is 7.61. The molecule has 0 radical (unpaired) electrons. The summed E-state index contributed by atoms with van der Waals surface area (Å²) in [5.74, 6) is -0.360. The SMILES string of the molecule is CCCCC(N=C1NS(=O)(=O)c2ccccc21)C(=O)Nc1nc2ccc(NC(C)=O)cc2s1. The molecule has 2 aromatic carbocycles. The summed E-state index contributed by atoms with van der Waals surface area (Å²) in [6, 6.07) is 11.1. The molecule has 1 aliphatic rings. The molecule has 3 N–H and O–H groups in total. The molecule has 0 saturated carbocycles. The number of benzene rings is 2. The number of amides is 2. The van der Waals surface area contributed by atoms with E-state index in [1.807, 2.05) is 6.92 Å². The molecular weight excluding hydrogens is 462 g/mol. The van der Waals surface area contributed by atoms with Gasteiger partial charge < -0.3 is 10.6 Å². The van der Waals surface area contributed by atoms with Gasteiger partial charge >= 0.3 is 0 Å². The lowest BCUT2D eigenvalue weighted by Crippen LogP contribution is -2.30. The summed E-state index contributed by atoms with van der Waals surface area (Å²) in [6.07, 6.45) is 2.08. The average molecular weight is 486 g/mol. The Morgan fingerprint density at radius 2 is 1.97 bits per heavy atom. The highest BCUT2D eigenvalue weighted by molar-refractivity contribution is 7.90. The van der Waals surface area contributed by atoms with Gasteiger partial charge in [-0.1, -0.05) is 43.2 Å². The maximum absolute atomic E-state index is 13.1. The van der Waals surface area contributed by atoms with Crippen molar-refractivity contribution in [2.45, 2.75) is 44.0 Å². The van der Waals surface area contributed by atoms with Gasteiger partial charge in [0.15, 0.2) is 5.13 Å². The summed E-state index contributed by atoms with van der Waals surface area (Å²) in [6.45, 7) is 3.44. The topological polar surface area (TPSA) is 130 Å². The minimum Gasteiger partial charge on any atom is -0.326 e. The van der Waals surface area contributed by atoms with E-state index in [9.17, 15) is 18.0 Å². The molecule has 0 aliphatic carbocycles. The van der Waals surface area contributed by atoms with E-state index in [0.29, 0.717) is 28.3 Å². The molecular formula is C22H23N5O4S2.